The zero-order valence-electron chi connectivity index (χ0n) is 21.4. The highest BCUT2D eigenvalue weighted by Gasteiger charge is 2.41. The maximum atomic E-state index is 12.8. The number of nitrogens with zero attached hydrogens (tertiary/aromatic N) is 2. The molecule has 0 saturated carbocycles. The van der Waals surface area contributed by atoms with E-state index >= 15 is 0 Å². The number of rotatable bonds is 9. The second-order valence-electron chi connectivity index (χ2n) is 9.14. The molecule has 1 aliphatic heterocycles. The SMILES string of the molecule is CCOc1ccc(-c2ccc([C@@H]3[C@@H](c4ccccn4)NC(=S)N3CCC(=O)Nc3ccc(C)cc3)o2)cc1. The molecule has 2 aromatic carbocycles. The Bertz CT molecular complexity index is 1390. The van der Waals surface area contributed by atoms with Crippen LogP contribution in [0.2, 0.25) is 0 Å². The summed E-state index contributed by atoms with van der Waals surface area (Å²) >= 11 is 5.73. The molecule has 2 aromatic heterocycles. The maximum Gasteiger partial charge on any atom is 0.226 e. The van der Waals surface area contributed by atoms with Gasteiger partial charge in [-0.2, -0.15) is 0 Å². The van der Waals surface area contributed by atoms with Crippen LogP contribution < -0.4 is 15.4 Å². The van der Waals surface area contributed by atoms with E-state index in [-0.39, 0.29) is 24.4 Å². The smallest absolute Gasteiger partial charge is 0.226 e. The summed E-state index contributed by atoms with van der Waals surface area (Å²) in [7, 11) is 0. The van der Waals surface area contributed by atoms with Crippen molar-refractivity contribution in [1.29, 1.82) is 0 Å². The van der Waals surface area contributed by atoms with E-state index in [9.17, 15) is 4.79 Å². The summed E-state index contributed by atoms with van der Waals surface area (Å²) in [5.74, 6) is 2.23. The Kier molecular flexibility index (Phi) is 7.70. The molecule has 0 spiro atoms. The van der Waals surface area contributed by atoms with E-state index in [0.29, 0.717) is 18.3 Å². The second-order valence-corrected chi connectivity index (χ2v) is 9.53. The fourth-order valence-corrected chi connectivity index (χ4v) is 4.92. The molecule has 38 heavy (non-hydrogen) atoms. The monoisotopic (exact) mass is 526 g/mol. The third-order valence-electron chi connectivity index (χ3n) is 6.48. The largest absolute Gasteiger partial charge is 0.494 e. The molecule has 8 heteroatoms. The summed E-state index contributed by atoms with van der Waals surface area (Å²) in [6, 6.07) is 24.8. The molecule has 1 fully saturated rings. The van der Waals surface area contributed by atoms with Crippen LogP contribution in [-0.4, -0.2) is 34.1 Å². The van der Waals surface area contributed by atoms with Gasteiger partial charge in [0.1, 0.15) is 23.3 Å². The average Bonchev–Trinajstić information content (AvgIpc) is 3.54. The first-order valence-electron chi connectivity index (χ1n) is 12.7. The Hall–Kier alpha value is -4.17. The Labute approximate surface area is 227 Å². The van der Waals surface area contributed by atoms with Crippen LogP contribution in [0, 0.1) is 6.92 Å². The summed E-state index contributed by atoms with van der Waals surface area (Å²) in [5.41, 5.74) is 3.72. The summed E-state index contributed by atoms with van der Waals surface area (Å²) in [5, 5.41) is 6.94. The lowest BCUT2D eigenvalue weighted by Gasteiger charge is -2.25. The van der Waals surface area contributed by atoms with E-state index in [1.807, 2.05) is 97.6 Å². The van der Waals surface area contributed by atoms with Gasteiger partial charge in [0.05, 0.1) is 18.3 Å². The molecular formula is C30H30N4O3S. The number of carbonyl (C=O) groups is 1. The number of carbonyl (C=O) groups excluding carboxylic acids is 1. The predicted molar refractivity (Wildman–Crippen MR) is 152 cm³/mol. The molecule has 7 nitrogen and oxygen atoms in total. The van der Waals surface area contributed by atoms with Crippen LogP contribution in [0.3, 0.4) is 0 Å². The van der Waals surface area contributed by atoms with Crippen molar-refractivity contribution in [2.75, 3.05) is 18.5 Å². The number of thiocarbonyl (C=S) groups is 1. The highest BCUT2D eigenvalue weighted by atomic mass is 32.1. The fraction of sp³-hybridized carbons (Fsp3) is 0.233. The third-order valence-corrected chi connectivity index (χ3v) is 6.83. The average molecular weight is 527 g/mol. The molecule has 3 heterocycles. The summed E-state index contributed by atoms with van der Waals surface area (Å²) < 4.78 is 11.9. The normalized spacial score (nSPS) is 16.8. The highest BCUT2D eigenvalue weighted by Crippen LogP contribution is 2.40. The molecule has 1 saturated heterocycles. The van der Waals surface area contributed by atoms with Crippen LogP contribution in [0.5, 0.6) is 5.75 Å². The van der Waals surface area contributed by atoms with Crippen molar-refractivity contribution in [1.82, 2.24) is 15.2 Å². The molecule has 5 rings (SSSR count). The Morgan fingerprint density at radius 3 is 2.58 bits per heavy atom. The van der Waals surface area contributed by atoms with E-state index in [4.69, 9.17) is 21.4 Å². The van der Waals surface area contributed by atoms with Gasteiger partial charge in [-0.05, 0) is 86.7 Å². The molecule has 1 amide bonds. The van der Waals surface area contributed by atoms with Crippen LogP contribution in [0.4, 0.5) is 5.69 Å². The van der Waals surface area contributed by atoms with Gasteiger partial charge in [-0.1, -0.05) is 23.8 Å². The molecule has 0 bridgehead atoms. The van der Waals surface area contributed by atoms with Gasteiger partial charge in [-0.25, -0.2) is 0 Å². The van der Waals surface area contributed by atoms with Crippen molar-refractivity contribution < 1.29 is 13.9 Å². The first-order chi connectivity index (χ1) is 18.5. The number of anilines is 1. The van der Waals surface area contributed by atoms with Gasteiger partial charge >= 0.3 is 0 Å². The van der Waals surface area contributed by atoms with Gasteiger partial charge in [0.2, 0.25) is 5.91 Å². The standard InChI is InChI=1S/C30H30N4O3S/c1-3-36-23-13-9-21(10-14-23)25-15-16-26(37-25)29-28(24-6-4-5-18-31-24)33-30(38)34(29)19-17-27(35)32-22-11-7-20(2)8-12-22/h4-16,18,28-29H,3,17,19H2,1-2H3,(H,32,35)(H,33,38)/t28-,29-/m1/s1. The number of aromatic nitrogens is 1. The van der Waals surface area contributed by atoms with Gasteiger partial charge in [0, 0.05) is 30.4 Å². The van der Waals surface area contributed by atoms with Crippen LogP contribution in [0.15, 0.2) is 89.5 Å². The Morgan fingerprint density at radius 1 is 1.08 bits per heavy atom. The summed E-state index contributed by atoms with van der Waals surface area (Å²) in [6.45, 7) is 5.02. The molecule has 0 unspecified atom stereocenters. The molecule has 0 aliphatic carbocycles. The fourth-order valence-electron chi connectivity index (χ4n) is 4.59. The first-order valence-corrected chi connectivity index (χ1v) is 13.1. The topological polar surface area (TPSA) is 79.6 Å². The van der Waals surface area contributed by atoms with Gasteiger partial charge in [0.15, 0.2) is 5.11 Å². The van der Waals surface area contributed by atoms with Crippen molar-refractivity contribution in [3.05, 3.63) is 102 Å². The van der Waals surface area contributed by atoms with Crippen LogP contribution in [0.1, 0.15) is 42.4 Å². The number of furan rings is 1. The predicted octanol–water partition coefficient (Wildman–Crippen LogP) is 6.05. The van der Waals surface area contributed by atoms with E-state index < -0.39 is 0 Å². The van der Waals surface area contributed by atoms with E-state index in [1.54, 1.807) is 6.20 Å². The molecule has 1 aliphatic rings. The maximum absolute atomic E-state index is 12.8. The van der Waals surface area contributed by atoms with E-state index in [2.05, 4.69) is 15.6 Å². The minimum atomic E-state index is -0.263. The number of pyridine rings is 1. The van der Waals surface area contributed by atoms with Crippen molar-refractivity contribution in [3.8, 4) is 17.1 Å². The Morgan fingerprint density at radius 2 is 1.87 bits per heavy atom. The number of nitrogens with one attached hydrogen (secondary N) is 2. The second kappa shape index (κ2) is 11.5. The van der Waals surface area contributed by atoms with Crippen molar-refractivity contribution in [2.45, 2.75) is 32.4 Å². The number of hydrogen-bond donors (Lipinski definition) is 2. The number of benzene rings is 2. The van der Waals surface area contributed by atoms with E-state index in [1.165, 1.54) is 0 Å². The summed E-state index contributed by atoms with van der Waals surface area (Å²) in [6.07, 6.45) is 2.04. The number of aryl methyl sites for hydroxylation is 1. The van der Waals surface area contributed by atoms with Crippen LogP contribution in [0.25, 0.3) is 11.3 Å². The number of hydrogen-bond acceptors (Lipinski definition) is 5. The van der Waals surface area contributed by atoms with Crippen molar-refractivity contribution >= 4 is 28.9 Å². The third kappa shape index (κ3) is 5.70. The van der Waals surface area contributed by atoms with Crippen molar-refractivity contribution in [3.63, 3.8) is 0 Å². The van der Waals surface area contributed by atoms with Gasteiger partial charge in [0.25, 0.3) is 0 Å². The zero-order valence-corrected chi connectivity index (χ0v) is 22.2. The lowest BCUT2D eigenvalue weighted by molar-refractivity contribution is -0.116. The lowest BCUT2D eigenvalue weighted by Crippen LogP contribution is -2.32. The molecule has 4 aromatic rings. The highest BCUT2D eigenvalue weighted by molar-refractivity contribution is 7.80. The minimum Gasteiger partial charge on any atom is -0.494 e. The Balaban J connectivity index is 1.37. The van der Waals surface area contributed by atoms with Gasteiger partial charge in [-0.15, -0.1) is 0 Å². The lowest BCUT2D eigenvalue weighted by atomic mass is 10.0. The number of amides is 1. The van der Waals surface area contributed by atoms with Gasteiger partial charge in [-0.3, -0.25) is 9.78 Å². The molecule has 2 atom stereocenters. The first kappa shape index (κ1) is 25.5. The summed E-state index contributed by atoms with van der Waals surface area (Å²) in [4.78, 5) is 19.4. The van der Waals surface area contributed by atoms with Gasteiger partial charge < -0.3 is 24.7 Å². The molecular weight excluding hydrogens is 496 g/mol. The zero-order chi connectivity index (χ0) is 26.5. The molecule has 194 valence electrons. The minimum absolute atomic E-state index is 0.0776. The van der Waals surface area contributed by atoms with Crippen LogP contribution in [-0.2, 0) is 4.79 Å². The van der Waals surface area contributed by atoms with Crippen molar-refractivity contribution in [2.24, 2.45) is 0 Å². The molecule has 2 N–H and O–H groups in total. The van der Waals surface area contributed by atoms with E-state index in [0.717, 1.165) is 39.8 Å². The number of ether oxygens (including phenoxy) is 1. The van der Waals surface area contributed by atoms with Crippen LogP contribution >= 0.6 is 12.2 Å². The quantitative estimate of drug-likeness (QED) is 0.257. The molecule has 0 radical (unpaired) electrons.